The number of rotatable bonds is 2. The van der Waals surface area contributed by atoms with Crippen molar-refractivity contribution in [2.45, 2.75) is 6.10 Å². The van der Waals surface area contributed by atoms with Gasteiger partial charge in [-0.1, -0.05) is 6.07 Å². The summed E-state index contributed by atoms with van der Waals surface area (Å²) in [4.78, 5) is 10.6. The van der Waals surface area contributed by atoms with Gasteiger partial charge in [-0.05, 0) is 17.7 Å². The van der Waals surface area contributed by atoms with Crippen LogP contribution in [0.4, 0.5) is 0 Å². The number of aryl methyl sites for hydroxylation is 1. The molecule has 5 heteroatoms. The largest absolute Gasteiger partial charge is 0.479 e. The van der Waals surface area contributed by atoms with Crippen LogP contribution in [0.15, 0.2) is 24.4 Å². The minimum absolute atomic E-state index is 0.364. The zero-order chi connectivity index (χ0) is 11.0. The molecule has 2 N–H and O–H groups in total. The molecule has 5 nitrogen and oxygen atoms in total. The highest BCUT2D eigenvalue weighted by molar-refractivity contribution is 5.82. The van der Waals surface area contributed by atoms with Crippen molar-refractivity contribution in [1.29, 1.82) is 0 Å². The second-order valence-electron chi connectivity index (χ2n) is 3.33. The first-order chi connectivity index (χ1) is 7.09. The Morgan fingerprint density at radius 3 is 2.93 bits per heavy atom. The molecule has 0 spiro atoms. The Kier molecular flexibility index (Phi) is 2.17. The SMILES string of the molecule is Cn1ncc2cc(C(O)C(=O)O)ccc21. The van der Waals surface area contributed by atoms with Crippen molar-refractivity contribution in [3.05, 3.63) is 30.0 Å². The van der Waals surface area contributed by atoms with Crippen LogP contribution in [0.3, 0.4) is 0 Å². The summed E-state index contributed by atoms with van der Waals surface area (Å²) in [5.74, 6) is -1.25. The highest BCUT2D eigenvalue weighted by Gasteiger charge is 2.16. The van der Waals surface area contributed by atoms with Gasteiger partial charge in [0.15, 0.2) is 6.10 Å². The lowest BCUT2D eigenvalue weighted by Gasteiger charge is -2.05. The Morgan fingerprint density at radius 2 is 2.27 bits per heavy atom. The molecule has 1 aromatic heterocycles. The lowest BCUT2D eigenvalue weighted by molar-refractivity contribution is -0.146. The molecular weight excluding hydrogens is 196 g/mol. The van der Waals surface area contributed by atoms with Crippen LogP contribution in [0.5, 0.6) is 0 Å². The van der Waals surface area contributed by atoms with Gasteiger partial charge in [-0.15, -0.1) is 0 Å². The maximum Gasteiger partial charge on any atom is 0.337 e. The lowest BCUT2D eigenvalue weighted by Crippen LogP contribution is -2.10. The van der Waals surface area contributed by atoms with E-state index in [1.165, 1.54) is 0 Å². The van der Waals surface area contributed by atoms with Crippen molar-refractivity contribution in [2.75, 3.05) is 0 Å². The predicted octanol–water partition coefficient (Wildman–Crippen LogP) is 0.691. The van der Waals surface area contributed by atoms with Crippen molar-refractivity contribution in [1.82, 2.24) is 9.78 Å². The third kappa shape index (κ3) is 1.57. The molecule has 1 unspecified atom stereocenters. The molecule has 0 fully saturated rings. The average Bonchev–Trinajstić information content (AvgIpc) is 2.59. The minimum Gasteiger partial charge on any atom is -0.479 e. The molecule has 0 saturated carbocycles. The van der Waals surface area contributed by atoms with Gasteiger partial charge in [-0.2, -0.15) is 5.10 Å². The second kappa shape index (κ2) is 3.36. The van der Waals surface area contributed by atoms with Gasteiger partial charge in [0.05, 0.1) is 11.7 Å². The number of benzene rings is 1. The van der Waals surface area contributed by atoms with Gasteiger partial charge >= 0.3 is 5.97 Å². The molecule has 0 radical (unpaired) electrons. The number of aliphatic hydroxyl groups is 1. The van der Waals surface area contributed by atoms with E-state index in [1.54, 1.807) is 36.1 Å². The summed E-state index contributed by atoms with van der Waals surface area (Å²) in [6.45, 7) is 0. The molecular formula is C10H10N2O3. The molecule has 0 aliphatic heterocycles. The van der Waals surface area contributed by atoms with Crippen molar-refractivity contribution < 1.29 is 15.0 Å². The van der Waals surface area contributed by atoms with Gasteiger partial charge in [0.1, 0.15) is 0 Å². The number of carboxylic acids is 1. The minimum atomic E-state index is -1.48. The number of hydrogen-bond donors (Lipinski definition) is 2. The smallest absolute Gasteiger partial charge is 0.337 e. The second-order valence-corrected chi connectivity index (χ2v) is 3.33. The van der Waals surface area contributed by atoms with E-state index in [0.29, 0.717) is 5.56 Å². The molecule has 2 aromatic rings. The van der Waals surface area contributed by atoms with Crippen LogP contribution in [0, 0.1) is 0 Å². The maximum absolute atomic E-state index is 10.6. The lowest BCUT2D eigenvalue weighted by atomic mass is 10.1. The summed E-state index contributed by atoms with van der Waals surface area (Å²) >= 11 is 0. The number of aliphatic hydroxyl groups excluding tert-OH is 1. The van der Waals surface area contributed by atoms with Gasteiger partial charge < -0.3 is 10.2 Å². The predicted molar refractivity (Wildman–Crippen MR) is 53.3 cm³/mol. The van der Waals surface area contributed by atoms with Crippen LogP contribution in [-0.2, 0) is 11.8 Å². The number of fused-ring (bicyclic) bond motifs is 1. The number of carbonyl (C=O) groups is 1. The van der Waals surface area contributed by atoms with Crippen LogP contribution in [0.1, 0.15) is 11.7 Å². The fraction of sp³-hybridized carbons (Fsp3) is 0.200. The number of aliphatic carboxylic acids is 1. The van der Waals surface area contributed by atoms with Crippen molar-refractivity contribution >= 4 is 16.9 Å². The number of hydrogen-bond acceptors (Lipinski definition) is 3. The third-order valence-electron chi connectivity index (χ3n) is 2.32. The van der Waals surface area contributed by atoms with E-state index < -0.39 is 12.1 Å². The van der Waals surface area contributed by atoms with E-state index in [0.717, 1.165) is 10.9 Å². The van der Waals surface area contributed by atoms with E-state index in [-0.39, 0.29) is 0 Å². The van der Waals surface area contributed by atoms with Gasteiger partial charge in [-0.3, -0.25) is 4.68 Å². The Morgan fingerprint density at radius 1 is 1.53 bits per heavy atom. The molecule has 0 bridgehead atoms. The molecule has 15 heavy (non-hydrogen) atoms. The Labute approximate surface area is 85.6 Å². The maximum atomic E-state index is 10.6. The van der Waals surface area contributed by atoms with Crippen LogP contribution in [0.2, 0.25) is 0 Å². The number of carboxylic acid groups (broad SMARTS) is 1. The standard InChI is InChI=1S/C10H10N2O3/c1-12-8-3-2-6(9(13)10(14)15)4-7(8)5-11-12/h2-5,9,13H,1H3,(H,14,15). The number of nitrogens with zero attached hydrogens (tertiary/aromatic N) is 2. The Balaban J connectivity index is 2.52. The summed E-state index contributed by atoms with van der Waals surface area (Å²) in [6, 6.07) is 4.95. The van der Waals surface area contributed by atoms with Crippen LogP contribution < -0.4 is 0 Å². The average molecular weight is 206 g/mol. The number of aromatic nitrogens is 2. The topological polar surface area (TPSA) is 75.3 Å². The summed E-state index contributed by atoms with van der Waals surface area (Å²) in [6.07, 6.45) is 0.155. The first-order valence-electron chi connectivity index (χ1n) is 4.42. The van der Waals surface area contributed by atoms with Gasteiger partial charge in [0.25, 0.3) is 0 Å². The molecule has 0 amide bonds. The molecule has 2 rings (SSSR count). The normalized spacial score (nSPS) is 12.9. The van der Waals surface area contributed by atoms with Gasteiger partial charge in [0, 0.05) is 12.4 Å². The zero-order valence-corrected chi connectivity index (χ0v) is 8.08. The van der Waals surface area contributed by atoms with Crippen molar-refractivity contribution in [3.63, 3.8) is 0 Å². The summed E-state index contributed by atoms with van der Waals surface area (Å²) < 4.78 is 1.69. The highest BCUT2D eigenvalue weighted by Crippen LogP contribution is 2.19. The van der Waals surface area contributed by atoms with E-state index in [1.807, 2.05) is 0 Å². The van der Waals surface area contributed by atoms with Gasteiger partial charge in [-0.25, -0.2) is 4.79 Å². The van der Waals surface area contributed by atoms with Crippen LogP contribution >= 0.6 is 0 Å². The third-order valence-corrected chi connectivity index (χ3v) is 2.32. The summed E-state index contributed by atoms with van der Waals surface area (Å²) in [5, 5.41) is 22.8. The van der Waals surface area contributed by atoms with E-state index in [9.17, 15) is 9.90 Å². The van der Waals surface area contributed by atoms with Crippen molar-refractivity contribution in [2.24, 2.45) is 7.05 Å². The zero-order valence-electron chi connectivity index (χ0n) is 8.08. The monoisotopic (exact) mass is 206 g/mol. The molecule has 0 saturated heterocycles. The quantitative estimate of drug-likeness (QED) is 0.758. The van der Waals surface area contributed by atoms with Crippen LogP contribution in [-0.4, -0.2) is 26.0 Å². The molecule has 1 aromatic carbocycles. The Hall–Kier alpha value is -1.88. The molecule has 78 valence electrons. The molecule has 1 heterocycles. The fourth-order valence-electron chi connectivity index (χ4n) is 1.49. The molecule has 1 atom stereocenters. The van der Waals surface area contributed by atoms with Crippen molar-refractivity contribution in [3.8, 4) is 0 Å². The molecule has 0 aliphatic carbocycles. The van der Waals surface area contributed by atoms with E-state index >= 15 is 0 Å². The van der Waals surface area contributed by atoms with Gasteiger partial charge in [0.2, 0.25) is 0 Å². The van der Waals surface area contributed by atoms with E-state index in [4.69, 9.17) is 5.11 Å². The first kappa shape index (κ1) is 9.67. The molecule has 0 aliphatic rings. The summed E-state index contributed by atoms with van der Waals surface area (Å²) in [5.41, 5.74) is 1.26. The van der Waals surface area contributed by atoms with Crippen LogP contribution in [0.25, 0.3) is 10.9 Å². The first-order valence-corrected chi connectivity index (χ1v) is 4.42. The fourth-order valence-corrected chi connectivity index (χ4v) is 1.49. The Bertz CT molecular complexity index is 518. The highest BCUT2D eigenvalue weighted by atomic mass is 16.4. The summed E-state index contributed by atoms with van der Waals surface area (Å²) in [7, 11) is 1.80. The van der Waals surface area contributed by atoms with E-state index in [2.05, 4.69) is 5.10 Å².